The first-order chi connectivity index (χ1) is 6.72. The Balaban J connectivity index is 2.39. The molecule has 4 heteroatoms. The number of nitrogens with zero attached hydrogens (tertiary/aromatic N) is 1. The molecule has 0 aliphatic carbocycles. The molecule has 1 N–H and O–H groups in total. The lowest BCUT2D eigenvalue weighted by Crippen LogP contribution is -2.14. The lowest BCUT2D eigenvalue weighted by molar-refractivity contribution is 0.678. The summed E-state index contributed by atoms with van der Waals surface area (Å²) in [4.78, 5) is 3.05. The lowest BCUT2D eigenvalue weighted by atomic mass is 10.2. The van der Waals surface area contributed by atoms with Crippen LogP contribution in [0.5, 0.6) is 0 Å². The molecule has 0 amide bonds. The van der Waals surface area contributed by atoms with Crippen molar-refractivity contribution in [2.75, 3.05) is 25.5 Å². The minimum atomic E-state index is -1.07. The van der Waals surface area contributed by atoms with Crippen LogP contribution >= 0.6 is 0 Å². The third-order valence-corrected chi connectivity index (χ3v) is 3.64. The molecule has 1 aromatic carbocycles. The standard InChI is InChI=1S/C10H14N2OS/c1-11-14(13)9-4-3-8-5-6-12(2)10(8)7-9/h3-4,7,11H,5-6H2,1-2H3. The normalized spacial score (nSPS) is 16.9. The van der Waals surface area contributed by atoms with E-state index >= 15 is 0 Å². The number of nitrogens with one attached hydrogen (secondary N) is 1. The molecule has 0 spiro atoms. The fourth-order valence-electron chi connectivity index (χ4n) is 1.75. The van der Waals surface area contributed by atoms with Gasteiger partial charge in [-0.1, -0.05) is 6.07 Å². The molecule has 1 heterocycles. The molecule has 0 radical (unpaired) electrons. The number of benzene rings is 1. The van der Waals surface area contributed by atoms with Gasteiger partial charge in [0.1, 0.15) is 11.0 Å². The Morgan fingerprint density at radius 3 is 3.00 bits per heavy atom. The summed E-state index contributed by atoms with van der Waals surface area (Å²) >= 11 is 0. The number of hydrogen-bond acceptors (Lipinski definition) is 2. The Labute approximate surface area is 86.7 Å². The Morgan fingerprint density at radius 2 is 2.29 bits per heavy atom. The maximum absolute atomic E-state index is 11.5. The molecule has 0 saturated carbocycles. The molecule has 3 nitrogen and oxygen atoms in total. The van der Waals surface area contributed by atoms with Gasteiger partial charge in [-0.2, -0.15) is 0 Å². The van der Waals surface area contributed by atoms with E-state index in [0.29, 0.717) is 0 Å². The van der Waals surface area contributed by atoms with Gasteiger partial charge in [0.2, 0.25) is 0 Å². The summed E-state index contributed by atoms with van der Waals surface area (Å²) in [6.07, 6.45) is 1.10. The van der Waals surface area contributed by atoms with E-state index in [-0.39, 0.29) is 0 Å². The van der Waals surface area contributed by atoms with Crippen LogP contribution in [0.15, 0.2) is 23.1 Å². The van der Waals surface area contributed by atoms with E-state index in [9.17, 15) is 4.21 Å². The second kappa shape index (κ2) is 3.71. The van der Waals surface area contributed by atoms with Crippen molar-refractivity contribution < 1.29 is 4.21 Å². The summed E-state index contributed by atoms with van der Waals surface area (Å²) in [5.74, 6) is 0. The average molecular weight is 210 g/mol. The van der Waals surface area contributed by atoms with Gasteiger partial charge in [-0.05, 0) is 31.2 Å². The first-order valence-electron chi connectivity index (χ1n) is 4.65. The van der Waals surface area contributed by atoms with E-state index in [0.717, 1.165) is 17.9 Å². The van der Waals surface area contributed by atoms with Crippen LogP contribution in [-0.2, 0) is 17.4 Å². The lowest BCUT2D eigenvalue weighted by Gasteiger charge is -2.12. The summed E-state index contributed by atoms with van der Waals surface area (Å²) in [5, 5.41) is 0. The highest BCUT2D eigenvalue weighted by Gasteiger charge is 2.16. The summed E-state index contributed by atoms with van der Waals surface area (Å²) in [6.45, 7) is 1.06. The second-order valence-electron chi connectivity index (χ2n) is 3.43. The highest BCUT2D eigenvalue weighted by Crippen LogP contribution is 2.28. The maximum atomic E-state index is 11.5. The van der Waals surface area contributed by atoms with Crippen LogP contribution in [0.2, 0.25) is 0 Å². The molecule has 76 valence electrons. The summed E-state index contributed by atoms with van der Waals surface area (Å²) in [6, 6.07) is 6.02. The quantitative estimate of drug-likeness (QED) is 0.787. The molecular weight excluding hydrogens is 196 g/mol. The summed E-state index contributed by atoms with van der Waals surface area (Å²) < 4.78 is 14.2. The van der Waals surface area contributed by atoms with Crippen molar-refractivity contribution in [2.24, 2.45) is 0 Å². The number of anilines is 1. The number of rotatable bonds is 2. The van der Waals surface area contributed by atoms with Gasteiger partial charge < -0.3 is 4.90 Å². The van der Waals surface area contributed by atoms with Gasteiger partial charge in [0.25, 0.3) is 0 Å². The molecule has 2 rings (SSSR count). The Bertz CT molecular complexity index is 378. The summed E-state index contributed by atoms with van der Waals surface area (Å²) in [7, 11) is 2.69. The van der Waals surface area contributed by atoms with Crippen molar-refractivity contribution in [2.45, 2.75) is 11.3 Å². The smallest absolute Gasteiger partial charge is 0.124 e. The topological polar surface area (TPSA) is 32.3 Å². The molecule has 1 aliphatic heterocycles. The summed E-state index contributed by atoms with van der Waals surface area (Å²) in [5.41, 5.74) is 2.57. The van der Waals surface area contributed by atoms with Crippen molar-refractivity contribution in [3.05, 3.63) is 23.8 Å². The van der Waals surface area contributed by atoms with E-state index in [1.54, 1.807) is 7.05 Å². The SMILES string of the molecule is CNS(=O)c1ccc2c(c1)N(C)CC2. The molecule has 0 bridgehead atoms. The van der Waals surface area contributed by atoms with Crippen molar-refractivity contribution in [1.82, 2.24) is 4.72 Å². The van der Waals surface area contributed by atoms with E-state index in [4.69, 9.17) is 0 Å². The van der Waals surface area contributed by atoms with Crippen molar-refractivity contribution in [3.8, 4) is 0 Å². The predicted molar refractivity (Wildman–Crippen MR) is 58.9 cm³/mol. The highest BCUT2D eigenvalue weighted by molar-refractivity contribution is 7.83. The van der Waals surface area contributed by atoms with Crippen molar-refractivity contribution in [3.63, 3.8) is 0 Å². The van der Waals surface area contributed by atoms with Gasteiger partial charge >= 0.3 is 0 Å². The van der Waals surface area contributed by atoms with Gasteiger partial charge in [-0.25, -0.2) is 8.93 Å². The van der Waals surface area contributed by atoms with Crippen molar-refractivity contribution >= 4 is 16.7 Å². The Hall–Kier alpha value is -0.870. The highest BCUT2D eigenvalue weighted by atomic mass is 32.2. The molecule has 1 atom stereocenters. The molecule has 1 aliphatic rings. The van der Waals surface area contributed by atoms with Crippen LogP contribution in [0.4, 0.5) is 5.69 Å². The zero-order valence-corrected chi connectivity index (χ0v) is 9.23. The van der Waals surface area contributed by atoms with Gasteiger partial charge in [-0.15, -0.1) is 0 Å². The minimum absolute atomic E-state index is 0.847. The zero-order valence-electron chi connectivity index (χ0n) is 8.41. The zero-order chi connectivity index (χ0) is 10.1. The maximum Gasteiger partial charge on any atom is 0.124 e. The van der Waals surface area contributed by atoms with Gasteiger partial charge in [0.15, 0.2) is 0 Å². The van der Waals surface area contributed by atoms with Gasteiger partial charge in [0.05, 0.1) is 4.90 Å². The third kappa shape index (κ3) is 1.55. The van der Waals surface area contributed by atoms with Gasteiger partial charge in [0, 0.05) is 19.3 Å². The third-order valence-electron chi connectivity index (χ3n) is 2.58. The van der Waals surface area contributed by atoms with E-state index < -0.39 is 11.0 Å². The molecule has 1 aromatic rings. The van der Waals surface area contributed by atoms with Crippen LogP contribution in [-0.4, -0.2) is 24.8 Å². The largest absolute Gasteiger partial charge is 0.374 e. The van der Waals surface area contributed by atoms with Crippen molar-refractivity contribution in [1.29, 1.82) is 0 Å². The molecular formula is C10H14N2OS. The van der Waals surface area contributed by atoms with Crippen LogP contribution < -0.4 is 9.62 Å². The van der Waals surface area contributed by atoms with E-state index in [2.05, 4.69) is 22.7 Å². The first kappa shape index (κ1) is 9.68. The van der Waals surface area contributed by atoms with E-state index in [1.807, 2.05) is 12.1 Å². The van der Waals surface area contributed by atoms with Crippen LogP contribution in [0.1, 0.15) is 5.56 Å². The number of likely N-dealkylation sites (N-methyl/N-ethyl adjacent to an activating group) is 1. The van der Waals surface area contributed by atoms with Gasteiger partial charge in [-0.3, -0.25) is 0 Å². The fourth-order valence-corrected chi connectivity index (χ4v) is 2.40. The molecule has 0 saturated heterocycles. The Morgan fingerprint density at radius 1 is 1.50 bits per heavy atom. The molecule has 14 heavy (non-hydrogen) atoms. The molecule has 0 fully saturated rings. The van der Waals surface area contributed by atoms with Crippen LogP contribution in [0.3, 0.4) is 0 Å². The second-order valence-corrected chi connectivity index (χ2v) is 4.85. The first-order valence-corrected chi connectivity index (χ1v) is 5.80. The average Bonchev–Trinajstić information content (AvgIpc) is 2.59. The predicted octanol–water partition coefficient (Wildman–Crippen LogP) is 0.921. The minimum Gasteiger partial charge on any atom is -0.374 e. The molecule has 0 aromatic heterocycles. The van der Waals surface area contributed by atoms with E-state index in [1.165, 1.54) is 11.3 Å². The van der Waals surface area contributed by atoms with Crippen LogP contribution in [0, 0.1) is 0 Å². The number of fused-ring (bicyclic) bond motifs is 1. The Kier molecular flexibility index (Phi) is 2.56. The fraction of sp³-hybridized carbons (Fsp3) is 0.400. The molecule has 1 unspecified atom stereocenters. The van der Waals surface area contributed by atoms with Crippen LogP contribution in [0.25, 0.3) is 0 Å². The monoisotopic (exact) mass is 210 g/mol. The number of hydrogen-bond donors (Lipinski definition) is 1.